The third-order valence-corrected chi connectivity index (χ3v) is 2.73. The number of aromatic nitrogens is 1. The van der Waals surface area contributed by atoms with Gasteiger partial charge in [0.15, 0.2) is 5.69 Å². The summed E-state index contributed by atoms with van der Waals surface area (Å²) in [7, 11) is 0. The Morgan fingerprint density at radius 2 is 2.05 bits per heavy atom. The minimum atomic E-state index is -0.572. The number of halogens is 1. The second-order valence-electron chi connectivity index (χ2n) is 5.01. The third-order valence-electron chi connectivity index (χ3n) is 2.73. The molecule has 1 N–H and O–H groups in total. The van der Waals surface area contributed by atoms with Crippen LogP contribution in [0.1, 0.15) is 29.9 Å². The van der Waals surface area contributed by atoms with Crippen molar-refractivity contribution in [2.45, 2.75) is 26.8 Å². The molecule has 0 saturated heterocycles. The zero-order valence-corrected chi connectivity index (χ0v) is 12.2. The molecule has 21 heavy (non-hydrogen) atoms. The maximum absolute atomic E-state index is 13.0. The summed E-state index contributed by atoms with van der Waals surface area (Å²) in [4.78, 5) is 16.3. The summed E-state index contributed by atoms with van der Waals surface area (Å²) in [6, 6.07) is 9.28. The molecule has 0 aliphatic carbocycles. The number of carbonyl (C=O) groups excluding carboxylic acids is 1. The molecular formula is C16H17FN2O2. The molecule has 0 atom stereocenters. The number of hydrogen-bond donors (Lipinski definition) is 1. The summed E-state index contributed by atoms with van der Waals surface area (Å²) in [5.74, 6) is -0.00799. The van der Waals surface area contributed by atoms with E-state index >= 15 is 0 Å². The van der Waals surface area contributed by atoms with Crippen molar-refractivity contribution in [1.82, 2.24) is 4.98 Å². The van der Waals surface area contributed by atoms with Crippen LogP contribution in [-0.2, 0) is 0 Å². The first-order valence-corrected chi connectivity index (χ1v) is 6.67. The molecule has 4 nitrogen and oxygen atoms in total. The van der Waals surface area contributed by atoms with E-state index in [0.717, 1.165) is 0 Å². The number of esters is 1. The number of benzene rings is 1. The summed E-state index contributed by atoms with van der Waals surface area (Å²) in [5.41, 5.74) is 0.754. The molecule has 1 aromatic heterocycles. The SMILES string of the molecule is Cc1cc(F)ccc1OC(=O)c1cccc(NC(C)C)n1. The van der Waals surface area contributed by atoms with Gasteiger partial charge in [-0.3, -0.25) is 0 Å². The van der Waals surface area contributed by atoms with Crippen LogP contribution in [0.5, 0.6) is 5.75 Å². The zero-order valence-electron chi connectivity index (χ0n) is 12.2. The highest BCUT2D eigenvalue weighted by atomic mass is 19.1. The van der Waals surface area contributed by atoms with Gasteiger partial charge in [-0.2, -0.15) is 0 Å². The minimum absolute atomic E-state index is 0.198. The lowest BCUT2D eigenvalue weighted by Gasteiger charge is -2.10. The highest BCUT2D eigenvalue weighted by Gasteiger charge is 2.13. The van der Waals surface area contributed by atoms with Gasteiger partial charge >= 0.3 is 5.97 Å². The van der Waals surface area contributed by atoms with Crippen LogP contribution in [0.25, 0.3) is 0 Å². The smallest absolute Gasteiger partial charge is 0.362 e. The zero-order chi connectivity index (χ0) is 15.4. The highest BCUT2D eigenvalue weighted by molar-refractivity contribution is 5.89. The molecule has 0 spiro atoms. The van der Waals surface area contributed by atoms with Crippen LogP contribution in [0.15, 0.2) is 36.4 Å². The van der Waals surface area contributed by atoms with Crippen LogP contribution in [0, 0.1) is 12.7 Å². The van der Waals surface area contributed by atoms with Gasteiger partial charge in [0, 0.05) is 6.04 Å². The molecular weight excluding hydrogens is 271 g/mol. The van der Waals surface area contributed by atoms with E-state index < -0.39 is 5.97 Å². The average molecular weight is 288 g/mol. The van der Waals surface area contributed by atoms with E-state index in [1.807, 2.05) is 13.8 Å². The molecule has 110 valence electrons. The van der Waals surface area contributed by atoms with Crippen molar-refractivity contribution in [2.75, 3.05) is 5.32 Å². The molecule has 0 amide bonds. The lowest BCUT2D eigenvalue weighted by Crippen LogP contribution is -2.15. The van der Waals surface area contributed by atoms with Gasteiger partial charge in [-0.25, -0.2) is 14.2 Å². The first-order valence-electron chi connectivity index (χ1n) is 6.67. The standard InChI is InChI=1S/C16H17FN2O2/c1-10(2)18-15-6-4-5-13(19-15)16(20)21-14-8-7-12(17)9-11(14)3/h4-10H,1-3H3,(H,18,19). The summed E-state index contributed by atoms with van der Waals surface area (Å²) >= 11 is 0. The van der Waals surface area contributed by atoms with Crippen molar-refractivity contribution in [3.63, 3.8) is 0 Å². The third kappa shape index (κ3) is 4.02. The number of rotatable bonds is 4. The molecule has 5 heteroatoms. The maximum atomic E-state index is 13.0. The predicted octanol–water partition coefficient (Wildman–Crippen LogP) is 3.57. The number of hydrogen-bond acceptors (Lipinski definition) is 4. The van der Waals surface area contributed by atoms with Crippen LogP contribution >= 0.6 is 0 Å². The summed E-state index contributed by atoms with van der Waals surface area (Å²) < 4.78 is 18.3. The summed E-state index contributed by atoms with van der Waals surface area (Å²) in [6.45, 7) is 5.64. The number of aryl methyl sites for hydroxylation is 1. The Balaban J connectivity index is 2.16. The number of nitrogens with zero attached hydrogens (tertiary/aromatic N) is 1. The van der Waals surface area contributed by atoms with E-state index in [1.54, 1.807) is 25.1 Å². The number of anilines is 1. The molecule has 0 unspecified atom stereocenters. The van der Waals surface area contributed by atoms with Crippen LogP contribution < -0.4 is 10.1 Å². The number of pyridine rings is 1. The largest absolute Gasteiger partial charge is 0.422 e. The fraction of sp³-hybridized carbons (Fsp3) is 0.250. The van der Waals surface area contributed by atoms with E-state index in [0.29, 0.717) is 17.1 Å². The van der Waals surface area contributed by atoms with Gasteiger partial charge in [-0.1, -0.05) is 6.07 Å². The van der Waals surface area contributed by atoms with E-state index in [1.165, 1.54) is 18.2 Å². The quantitative estimate of drug-likeness (QED) is 0.690. The lowest BCUT2D eigenvalue weighted by atomic mass is 10.2. The molecule has 1 aromatic carbocycles. The molecule has 2 rings (SSSR count). The van der Waals surface area contributed by atoms with Crippen molar-refractivity contribution >= 4 is 11.8 Å². The van der Waals surface area contributed by atoms with Gasteiger partial charge in [-0.05, 0) is 56.7 Å². The second kappa shape index (κ2) is 6.35. The minimum Gasteiger partial charge on any atom is -0.422 e. The topological polar surface area (TPSA) is 51.2 Å². The van der Waals surface area contributed by atoms with Gasteiger partial charge in [0.25, 0.3) is 0 Å². The first-order chi connectivity index (χ1) is 9.95. The fourth-order valence-corrected chi connectivity index (χ4v) is 1.80. The van der Waals surface area contributed by atoms with E-state index in [-0.39, 0.29) is 17.6 Å². The molecule has 0 saturated carbocycles. The summed E-state index contributed by atoms with van der Waals surface area (Å²) in [5, 5.41) is 3.11. The maximum Gasteiger partial charge on any atom is 0.362 e. The Morgan fingerprint density at radius 1 is 1.29 bits per heavy atom. The van der Waals surface area contributed by atoms with Crippen molar-refractivity contribution in [2.24, 2.45) is 0 Å². The molecule has 0 bridgehead atoms. The summed E-state index contributed by atoms with van der Waals surface area (Å²) in [6.07, 6.45) is 0. The van der Waals surface area contributed by atoms with Crippen molar-refractivity contribution in [3.8, 4) is 5.75 Å². The Morgan fingerprint density at radius 3 is 2.71 bits per heavy atom. The molecule has 0 aliphatic heterocycles. The van der Waals surface area contributed by atoms with Crippen molar-refractivity contribution in [1.29, 1.82) is 0 Å². The lowest BCUT2D eigenvalue weighted by molar-refractivity contribution is 0.0727. The van der Waals surface area contributed by atoms with Crippen molar-refractivity contribution < 1.29 is 13.9 Å². The van der Waals surface area contributed by atoms with Gasteiger partial charge in [0.2, 0.25) is 0 Å². The molecule has 0 aliphatic rings. The number of nitrogens with one attached hydrogen (secondary N) is 1. The van der Waals surface area contributed by atoms with Crippen molar-refractivity contribution in [3.05, 3.63) is 53.5 Å². The van der Waals surface area contributed by atoms with Gasteiger partial charge in [-0.15, -0.1) is 0 Å². The first kappa shape index (κ1) is 15.0. The predicted molar refractivity (Wildman–Crippen MR) is 79.1 cm³/mol. The molecule has 2 aromatic rings. The average Bonchev–Trinajstić information content (AvgIpc) is 2.41. The normalized spacial score (nSPS) is 10.5. The van der Waals surface area contributed by atoms with Crippen LogP contribution in [0.4, 0.5) is 10.2 Å². The number of carbonyl (C=O) groups is 1. The van der Waals surface area contributed by atoms with Gasteiger partial charge in [0.05, 0.1) is 0 Å². The monoisotopic (exact) mass is 288 g/mol. The van der Waals surface area contributed by atoms with Crippen LogP contribution in [0.3, 0.4) is 0 Å². The second-order valence-corrected chi connectivity index (χ2v) is 5.01. The van der Waals surface area contributed by atoms with E-state index in [4.69, 9.17) is 4.74 Å². The Kier molecular flexibility index (Phi) is 4.52. The molecule has 0 fully saturated rings. The Hall–Kier alpha value is -2.43. The van der Waals surface area contributed by atoms with Gasteiger partial charge in [0.1, 0.15) is 17.4 Å². The number of ether oxygens (including phenoxy) is 1. The Labute approximate surface area is 123 Å². The highest BCUT2D eigenvalue weighted by Crippen LogP contribution is 2.19. The molecule has 0 radical (unpaired) electrons. The Bertz CT molecular complexity index is 656. The van der Waals surface area contributed by atoms with Gasteiger partial charge < -0.3 is 10.1 Å². The van der Waals surface area contributed by atoms with Crippen LogP contribution in [0.2, 0.25) is 0 Å². The van der Waals surface area contributed by atoms with E-state index in [9.17, 15) is 9.18 Å². The fourth-order valence-electron chi connectivity index (χ4n) is 1.80. The van der Waals surface area contributed by atoms with E-state index in [2.05, 4.69) is 10.3 Å². The molecule has 1 heterocycles. The van der Waals surface area contributed by atoms with Crippen LogP contribution in [-0.4, -0.2) is 17.0 Å².